The fourth-order valence-electron chi connectivity index (χ4n) is 2.61. The number of methoxy groups -OCH3 is 1. The zero-order valence-corrected chi connectivity index (χ0v) is 16.8. The van der Waals surface area contributed by atoms with Crippen LogP contribution < -0.4 is 10.1 Å². The minimum absolute atomic E-state index is 0.160. The zero-order valence-electron chi connectivity index (χ0n) is 15.2. The van der Waals surface area contributed by atoms with E-state index in [9.17, 15) is 10.1 Å². The van der Waals surface area contributed by atoms with Crippen LogP contribution in [0.15, 0.2) is 52.7 Å². The molecular formula is C21H18N2O2S2. The lowest BCUT2D eigenvalue weighted by Gasteiger charge is -2.06. The van der Waals surface area contributed by atoms with Crippen molar-refractivity contribution in [2.24, 2.45) is 0 Å². The largest absolute Gasteiger partial charge is 0.497 e. The fourth-order valence-corrected chi connectivity index (χ4v) is 4.49. The van der Waals surface area contributed by atoms with E-state index in [1.54, 1.807) is 31.4 Å². The molecule has 0 saturated heterocycles. The molecule has 27 heavy (non-hydrogen) atoms. The van der Waals surface area contributed by atoms with E-state index in [2.05, 4.69) is 11.4 Å². The summed E-state index contributed by atoms with van der Waals surface area (Å²) in [6.07, 6.45) is 1.91. The highest BCUT2D eigenvalue weighted by atomic mass is 32.2. The molecule has 136 valence electrons. The molecule has 0 amide bonds. The van der Waals surface area contributed by atoms with Gasteiger partial charge in [-0.15, -0.1) is 23.1 Å². The highest BCUT2D eigenvalue weighted by molar-refractivity contribution is 8.00. The Balaban J connectivity index is 2.01. The van der Waals surface area contributed by atoms with Crippen LogP contribution in [0.25, 0.3) is 0 Å². The average molecular weight is 395 g/mol. The molecular weight excluding hydrogens is 376 g/mol. The number of nitrogens with one attached hydrogen (secondary N) is 1. The molecule has 2 aromatic carbocycles. The second kappa shape index (κ2) is 8.30. The molecule has 0 aliphatic rings. The maximum Gasteiger partial charge on any atom is 0.196 e. The predicted octanol–water partition coefficient (Wildman–Crippen LogP) is 5.63. The molecule has 0 saturated carbocycles. The Morgan fingerprint density at radius 3 is 2.37 bits per heavy atom. The van der Waals surface area contributed by atoms with Crippen molar-refractivity contribution in [3.63, 3.8) is 0 Å². The van der Waals surface area contributed by atoms with Gasteiger partial charge in [0.1, 0.15) is 16.8 Å². The molecule has 0 radical (unpaired) electrons. The molecule has 0 fully saturated rings. The zero-order chi connectivity index (χ0) is 19.4. The van der Waals surface area contributed by atoms with E-state index in [1.807, 2.05) is 37.4 Å². The van der Waals surface area contributed by atoms with Gasteiger partial charge >= 0.3 is 0 Å². The molecule has 1 heterocycles. The standard InChI is InChI=1S/C21H18N2O2S2/c1-13-4-8-15(9-5-13)23-20-17(12-22)18(21(26-3)27-20)19(24)14-6-10-16(25-2)11-7-14/h4-11,23H,1-3H3. The van der Waals surface area contributed by atoms with Gasteiger partial charge in [0.05, 0.1) is 22.4 Å². The van der Waals surface area contributed by atoms with Gasteiger partial charge in [-0.2, -0.15) is 5.26 Å². The Bertz CT molecular complexity index is 1000. The summed E-state index contributed by atoms with van der Waals surface area (Å²) in [5, 5.41) is 13.7. The topological polar surface area (TPSA) is 62.1 Å². The molecule has 0 spiro atoms. The number of anilines is 2. The number of thioether (sulfide) groups is 1. The lowest BCUT2D eigenvalue weighted by atomic mass is 10.0. The first kappa shape index (κ1) is 19.0. The highest BCUT2D eigenvalue weighted by Gasteiger charge is 2.24. The summed E-state index contributed by atoms with van der Waals surface area (Å²) in [5.74, 6) is 0.524. The van der Waals surface area contributed by atoms with Gasteiger partial charge in [-0.25, -0.2) is 0 Å². The number of aryl methyl sites for hydroxylation is 1. The van der Waals surface area contributed by atoms with E-state index in [1.165, 1.54) is 23.1 Å². The van der Waals surface area contributed by atoms with E-state index in [0.717, 1.165) is 15.5 Å². The second-order valence-corrected chi connectivity index (χ2v) is 7.93. The van der Waals surface area contributed by atoms with E-state index < -0.39 is 0 Å². The summed E-state index contributed by atoms with van der Waals surface area (Å²) in [6.45, 7) is 2.02. The van der Waals surface area contributed by atoms with Crippen LogP contribution in [0.2, 0.25) is 0 Å². The number of nitrogens with zero attached hydrogens (tertiary/aromatic N) is 1. The van der Waals surface area contributed by atoms with Crippen molar-refractivity contribution in [1.29, 1.82) is 5.26 Å². The molecule has 0 aliphatic carbocycles. The Kier molecular flexibility index (Phi) is 5.84. The number of rotatable bonds is 6. The van der Waals surface area contributed by atoms with Crippen LogP contribution in [0.4, 0.5) is 10.7 Å². The monoisotopic (exact) mass is 394 g/mol. The second-order valence-electron chi connectivity index (χ2n) is 5.83. The van der Waals surface area contributed by atoms with Crippen molar-refractivity contribution >= 4 is 39.6 Å². The van der Waals surface area contributed by atoms with Crippen LogP contribution in [-0.2, 0) is 0 Å². The fraction of sp³-hybridized carbons (Fsp3) is 0.143. The van der Waals surface area contributed by atoms with E-state index in [-0.39, 0.29) is 5.78 Å². The third-order valence-electron chi connectivity index (χ3n) is 4.06. The third-order valence-corrected chi connectivity index (χ3v) is 6.29. The summed E-state index contributed by atoms with van der Waals surface area (Å²) in [7, 11) is 1.58. The summed E-state index contributed by atoms with van der Waals surface area (Å²) >= 11 is 2.90. The summed E-state index contributed by atoms with van der Waals surface area (Å²) in [6, 6.07) is 17.1. The van der Waals surface area contributed by atoms with E-state index in [4.69, 9.17) is 4.74 Å². The molecule has 1 N–H and O–H groups in total. The van der Waals surface area contributed by atoms with Crippen molar-refractivity contribution in [1.82, 2.24) is 0 Å². The van der Waals surface area contributed by atoms with Crippen molar-refractivity contribution in [2.45, 2.75) is 11.1 Å². The van der Waals surface area contributed by atoms with Crippen molar-refractivity contribution in [2.75, 3.05) is 18.7 Å². The Labute approximate surface area is 166 Å². The van der Waals surface area contributed by atoms with Crippen molar-refractivity contribution in [3.8, 4) is 11.8 Å². The van der Waals surface area contributed by atoms with Crippen molar-refractivity contribution in [3.05, 3.63) is 70.8 Å². The average Bonchev–Trinajstić information content (AvgIpc) is 3.06. The first-order valence-electron chi connectivity index (χ1n) is 8.20. The Hall–Kier alpha value is -2.75. The number of benzene rings is 2. The molecule has 0 bridgehead atoms. The van der Waals surface area contributed by atoms with Gasteiger partial charge in [0.25, 0.3) is 0 Å². The summed E-state index contributed by atoms with van der Waals surface area (Å²) < 4.78 is 5.97. The molecule has 4 nitrogen and oxygen atoms in total. The van der Waals surface area contributed by atoms with Crippen molar-refractivity contribution < 1.29 is 9.53 Å². The third kappa shape index (κ3) is 4.00. The molecule has 0 aliphatic heterocycles. The number of hydrogen-bond acceptors (Lipinski definition) is 6. The first-order valence-corrected chi connectivity index (χ1v) is 10.2. The van der Waals surface area contributed by atoms with Crippen LogP contribution in [0, 0.1) is 18.3 Å². The number of ether oxygens (including phenoxy) is 1. The SMILES string of the molecule is COc1ccc(C(=O)c2c(SC)sc(Nc3ccc(C)cc3)c2C#N)cc1. The normalized spacial score (nSPS) is 10.3. The predicted molar refractivity (Wildman–Crippen MR) is 112 cm³/mol. The Morgan fingerprint density at radius 2 is 1.81 bits per heavy atom. The maximum absolute atomic E-state index is 13.1. The van der Waals surface area contributed by atoms with Crippen LogP contribution in [0.5, 0.6) is 5.75 Å². The molecule has 3 rings (SSSR count). The summed E-state index contributed by atoms with van der Waals surface area (Å²) in [4.78, 5) is 13.1. The number of carbonyl (C=O) groups is 1. The quantitative estimate of drug-likeness (QED) is 0.433. The smallest absolute Gasteiger partial charge is 0.196 e. The van der Waals surface area contributed by atoms with Gasteiger partial charge in [0.15, 0.2) is 5.78 Å². The van der Waals surface area contributed by atoms with Gasteiger partial charge in [-0.05, 0) is 49.6 Å². The number of ketones is 1. The Morgan fingerprint density at radius 1 is 1.15 bits per heavy atom. The molecule has 1 aromatic heterocycles. The van der Waals surface area contributed by atoms with Crippen LogP contribution in [0.3, 0.4) is 0 Å². The number of nitriles is 1. The van der Waals surface area contributed by atoms with E-state index in [0.29, 0.717) is 27.4 Å². The van der Waals surface area contributed by atoms with Crippen LogP contribution in [-0.4, -0.2) is 19.1 Å². The van der Waals surface area contributed by atoms with Gasteiger partial charge in [-0.3, -0.25) is 4.79 Å². The maximum atomic E-state index is 13.1. The molecule has 6 heteroatoms. The molecule has 0 unspecified atom stereocenters. The van der Waals surface area contributed by atoms with Crippen LogP contribution in [0.1, 0.15) is 27.0 Å². The molecule has 3 aromatic rings. The number of thiophene rings is 1. The van der Waals surface area contributed by atoms with Gasteiger partial charge in [0, 0.05) is 11.3 Å². The van der Waals surface area contributed by atoms with Crippen LogP contribution >= 0.6 is 23.1 Å². The highest BCUT2D eigenvalue weighted by Crippen LogP contribution is 2.41. The minimum Gasteiger partial charge on any atom is -0.497 e. The summed E-state index contributed by atoms with van der Waals surface area (Å²) in [5.41, 5.74) is 3.41. The van der Waals surface area contributed by atoms with Gasteiger partial charge in [-0.1, -0.05) is 17.7 Å². The first-order chi connectivity index (χ1) is 13.1. The minimum atomic E-state index is -0.160. The number of hydrogen-bond donors (Lipinski definition) is 1. The van der Waals surface area contributed by atoms with Gasteiger partial charge in [0.2, 0.25) is 0 Å². The van der Waals surface area contributed by atoms with Gasteiger partial charge < -0.3 is 10.1 Å². The lowest BCUT2D eigenvalue weighted by molar-refractivity contribution is 0.103. The molecule has 0 atom stereocenters. The number of carbonyl (C=O) groups excluding carboxylic acids is 1. The van der Waals surface area contributed by atoms with E-state index >= 15 is 0 Å². The lowest BCUT2D eigenvalue weighted by Crippen LogP contribution is -2.04.